The van der Waals surface area contributed by atoms with Crippen molar-refractivity contribution in [3.63, 3.8) is 0 Å². The van der Waals surface area contributed by atoms with Crippen LogP contribution in [0, 0.1) is 0 Å². The molecule has 2 aromatic carbocycles. The highest BCUT2D eigenvalue weighted by Gasteiger charge is 2.08. The number of hydrogen-bond donors (Lipinski definition) is 1. The average Bonchev–Trinajstić information content (AvgIpc) is 2.43. The van der Waals surface area contributed by atoms with E-state index in [9.17, 15) is 4.79 Å². The van der Waals surface area contributed by atoms with Crippen molar-refractivity contribution in [2.45, 2.75) is 0 Å². The summed E-state index contributed by atoms with van der Waals surface area (Å²) in [6.45, 7) is 0. The topological polar surface area (TPSA) is 47.6 Å². The van der Waals surface area contributed by atoms with Crippen molar-refractivity contribution in [1.29, 1.82) is 0 Å². The first-order valence-corrected chi connectivity index (χ1v) is 6.40. The number of anilines is 1. The third kappa shape index (κ3) is 3.35. The molecular weight excluding hydrogens is 301 g/mol. The van der Waals surface area contributed by atoms with Gasteiger partial charge in [0.2, 0.25) is 6.41 Å². The lowest BCUT2D eigenvalue weighted by Crippen LogP contribution is -1.97. The van der Waals surface area contributed by atoms with Gasteiger partial charge >= 0.3 is 0 Å². The highest BCUT2D eigenvalue weighted by atomic mass is 35.5. The number of carbonyl (C=O) groups excluding carboxylic acids is 1. The molecule has 0 fully saturated rings. The first-order chi connectivity index (χ1) is 9.63. The summed E-state index contributed by atoms with van der Waals surface area (Å²) in [4.78, 5) is 10.5. The molecular formula is C14H11Cl2NO3. The number of nitrogens with one attached hydrogen (secondary N) is 1. The quantitative estimate of drug-likeness (QED) is 0.834. The van der Waals surface area contributed by atoms with Gasteiger partial charge in [0.25, 0.3) is 0 Å². The lowest BCUT2D eigenvalue weighted by molar-refractivity contribution is -0.105. The summed E-state index contributed by atoms with van der Waals surface area (Å²) in [5.74, 6) is 1.50. The van der Waals surface area contributed by atoms with Gasteiger partial charge in [-0.25, -0.2) is 0 Å². The average molecular weight is 312 g/mol. The fourth-order valence-corrected chi connectivity index (χ4v) is 2.05. The molecule has 2 rings (SSSR count). The van der Waals surface area contributed by atoms with Crippen LogP contribution in [-0.2, 0) is 4.79 Å². The molecule has 1 N–H and O–H groups in total. The second-order valence-corrected chi connectivity index (χ2v) is 4.64. The predicted molar refractivity (Wildman–Crippen MR) is 79.2 cm³/mol. The van der Waals surface area contributed by atoms with E-state index < -0.39 is 0 Å². The van der Waals surface area contributed by atoms with Crippen molar-refractivity contribution in [3.05, 3.63) is 46.4 Å². The van der Waals surface area contributed by atoms with E-state index in [0.717, 1.165) is 0 Å². The molecule has 0 radical (unpaired) electrons. The van der Waals surface area contributed by atoms with Crippen LogP contribution in [0.15, 0.2) is 36.4 Å². The van der Waals surface area contributed by atoms with Gasteiger partial charge in [-0.1, -0.05) is 23.2 Å². The van der Waals surface area contributed by atoms with Crippen molar-refractivity contribution in [3.8, 4) is 17.2 Å². The van der Waals surface area contributed by atoms with E-state index in [1.807, 2.05) is 0 Å². The van der Waals surface area contributed by atoms with Crippen LogP contribution in [0.5, 0.6) is 17.2 Å². The molecule has 0 aliphatic heterocycles. The number of methoxy groups -OCH3 is 1. The Morgan fingerprint density at radius 2 is 1.90 bits per heavy atom. The number of carbonyl (C=O) groups is 1. The maximum Gasteiger partial charge on any atom is 0.211 e. The normalized spacial score (nSPS) is 9.95. The summed E-state index contributed by atoms with van der Waals surface area (Å²) in [5.41, 5.74) is 0.553. The highest BCUT2D eigenvalue weighted by molar-refractivity contribution is 6.35. The van der Waals surface area contributed by atoms with Crippen molar-refractivity contribution >= 4 is 35.3 Å². The maximum atomic E-state index is 10.5. The van der Waals surface area contributed by atoms with Gasteiger partial charge in [-0.05, 0) is 30.3 Å². The molecule has 0 heterocycles. The molecule has 0 saturated carbocycles. The fourth-order valence-electron chi connectivity index (χ4n) is 1.60. The molecule has 0 aliphatic carbocycles. The zero-order valence-corrected chi connectivity index (χ0v) is 12.0. The van der Waals surface area contributed by atoms with Gasteiger partial charge < -0.3 is 14.8 Å². The Balaban J connectivity index is 2.27. The zero-order valence-electron chi connectivity index (χ0n) is 10.5. The molecule has 0 unspecified atom stereocenters. The minimum atomic E-state index is 0.409. The van der Waals surface area contributed by atoms with Crippen LogP contribution >= 0.6 is 23.2 Å². The van der Waals surface area contributed by atoms with Crippen LogP contribution < -0.4 is 14.8 Å². The van der Waals surface area contributed by atoms with Gasteiger partial charge in [0.1, 0.15) is 17.2 Å². The van der Waals surface area contributed by atoms with E-state index >= 15 is 0 Å². The summed E-state index contributed by atoms with van der Waals surface area (Å²) in [7, 11) is 1.50. The van der Waals surface area contributed by atoms with Gasteiger partial charge in [-0.3, -0.25) is 4.79 Å². The number of benzene rings is 2. The van der Waals surface area contributed by atoms with E-state index in [2.05, 4.69) is 5.32 Å². The summed E-state index contributed by atoms with van der Waals surface area (Å²) >= 11 is 11.9. The highest BCUT2D eigenvalue weighted by Crippen LogP contribution is 2.35. The van der Waals surface area contributed by atoms with E-state index in [0.29, 0.717) is 39.4 Å². The predicted octanol–water partition coefficient (Wildman–Crippen LogP) is 4.36. The van der Waals surface area contributed by atoms with E-state index in [4.69, 9.17) is 32.7 Å². The Hall–Kier alpha value is -1.91. The largest absolute Gasteiger partial charge is 0.494 e. The summed E-state index contributed by atoms with van der Waals surface area (Å²) in [6, 6.07) is 9.97. The number of amides is 1. The third-order valence-corrected chi connectivity index (χ3v) is 3.04. The Bertz CT molecular complexity index is 632. The lowest BCUT2D eigenvalue weighted by atomic mass is 10.2. The molecule has 104 valence electrons. The molecule has 20 heavy (non-hydrogen) atoms. The molecule has 0 spiro atoms. The second-order valence-electron chi connectivity index (χ2n) is 3.80. The van der Waals surface area contributed by atoms with Gasteiger partial charge in [0.05, 0.1) is 17.8 Å². The first-order valence-electron chi connectivity index (χ1n) is 5.65. The smallest absolute Gasteiger partial charge is 0.211 e. The Morgan fingerprint density at radius 3 is 2.55 bits per heavy atom. The summed E-state index contributed by atoms with van der Waals surface area (Å²) in [5, 5.41) is 3.47. The van der Waals surface area contributed by atoms with Gasteiger partial charge in [-0.15, -0.1) is 0 Å². The summed E-state index contributed by atoms with van der Waals surface area (Å²) < 4.78 is 10.8. The standard InChI is InChI=1S/C14H11Cl2NO3/c1-19-14-7-10(3-4-12(14)17-8-18)20-13-5-2-9(15)6-11(13)16/h2-8H,1H3,(H,17,18). The van der Waals surface area contributed by atoms with Crippen molar-refractivity contribution in [2.75, 3.05) is 12.4 Å². The zero-order chi connectivity index (χ0) is 14.5. The molecule has 6 heteroatoms. The van der Waals surface area contributed by atoms with Crippen molar-refractivity contribution in [1.82, 2.24) is 0 Å². The third-order valence-electron chi connectivity index (χ3n) is 2.51. The fraction of sp³-hybridized carbons (Fsp3) is 0.0714. The van der Waals surface area contributed by atoms with Crippen LogP contribution in [-0.4, -0.2) is 13.5 Å². The molecule has 0 bridgehead atoms. The first kappa shape index (κ1) is 14.5. The van der Waals surface area contributed by atoms with Gasteiger partial charge in [0, 0.05) is 11.1 Å². The molecule has 1 amide bonds. The monoisotopic (exact) mass is 311 g/mol. The van der Waals surface area contributed by atoms with Crippen LogP contribution in [0.1, 0.15) is 0 Å². The molecule has 0 atom stereocenters. The van der Waals surface area contributed by atoms with Crippen LogP contribution in [0.3, 0.4) is 0 Å². The molecule has 4 nitrogen and oxygen atoms in total. The number of ether oxygens (including phenoxy) is 2. The van der Waals surface area contributed by atoms with E-state index in [1.54, 1.807) is 36.4 Å². The minimum Gasteiger partial charge on any atom is -0.494 e. The number of rotatable bonds is 5. The SMILES string of the molecule is COc1cc(Oc2ccc(Cl)cc2Cl)ccc1NC=O. The van der Waals surface area contributed by atoms with Gasteiger partial charge in [-0.2, -0.15) is 0 Å². The Labute approximate surface area is 126 Å². The van der Waals surface area contributed by atoms with Crippen molar-refractivity contribution in [2.24, 2.45) is 0 Å². The minimum absolute atomic E-state index is 0.409. The second kappa shape index (κ2) is 6.50. The molecule has 0 aliphatic rings. The van der Waals surface area contributed by atoms with Crippen LogP contribution in [0.2, 0.25) is 10.0 Å². The number of halogens is 2. The Morgan fingerprint density at radius 1 is 1.10 bits per heavy atom. The molecule has 0 aromatic heterocycles. The maximum absolute atomic E-state index is 10.5. The van der Waals surface area contributed by atoms with Crippen molar-refractivity contribution < 1.29 is 14.3 Å². The number of hydrogen-bond acceptors (Lipinski definition) is 3. The molecule has 0 saturated heterocycles. The van der Waals surface area contributed by atoms with E-state index in [1.165, 1.54) is 7.11 Å². The van der Waals surface area contributed by atoms with E-state index in [-0.39, 0.29) is 0 Å². The van der Waals surface area contributed by atoms with Crippen LogP contribution in [0.4, 0.5) is 5.69 Å². The Kier molecular flexibility index (Phi) is 4.71. The van der Waals surface area contributed by atoms with Gasteiger partial charge in [0.15, 0.2) is 0 Å². The molecule has 2 aromatic rings. The lowest BCUT2D eigenvalue weighted by Gasteiger charge is -2.11. The van der Waals surface area contributed by atoms with Crippen LogP contribution in [0.25, 0.3) is 0 Å². The summed E-state index contributed by atoms with van der Waals surface area (Å²) in [6.07, 6.45) is 0.578.